The Labute approximate surface area is 127 Å². The number of benzene rings is 2. The summed E-state index contributed by atoms with van der Waals surface area (Å²) < 4.78 is 5.25. The van der Waals surface area contributed by atoms with Gasteiger partial charge < -0.3 is 14.9 Å². The van der Waals surface area contributed by atoms with E-state index in [0.717, 1.165) is 0 Å². The summed E-state index contributed by atoms with van der Waals surface area (Å²) in [6, 6.07) is 10.9. The number of nitrogens with one attached hydrogen (secondary N) is 1. The third-order valence-electron chi connectivity index (χ3n) is 2.83. The van der Waals surface area contributed by atoms with Gasteiger partial charge in [-0.15, -0.1) is 0 Å². The molecule has 0 aliphatic rings. The van der Waals surface area contributed by atoms with Gasteiger partial charge >= 0.3 is 0 Å². The molecule has 0 radical (unpaired) electrons. The van der Waals surface area contributed by atoms with E-state index in [9.17, 15) is 15.0 Å². The second-order valence-corrected chi connectivity index (χ2v) is 4.37. The number of nitrogens with zero attached hydrogens (tertiary/aromatic N) is 1. The summed E-state index contributed by atoms with van der Waals surface area (Å²) in [6.45, 7) is 2.35. The van der Waals surface area contributed by atoms with Crippen molar-refractivity contribution in [3.63, 3.8) is 0 Å². The molecule has 0 aliphatic heterocycles. The number of phenols is 2. The second-order valence-electron chi connectivity index (χ2n) is 4.37. The second kappa shape index (κ2) is 7.12. The van der Waals surface area contributed by atoms with Crippen LogP contribution >= 0.6 is 0 Å². The molecule has 2 rings (SSSR count). The zero-order chi connectivity index (χ0) is 15.9. The molecule has 0 spiro atoms. The molecule has 22 heavy (non-hydrogen) atoms. The van der Waals surface area contributed by atoms with Crippen LogP contribution in [0.3, 0.4) is 0 Å². The minimum absolute atomic E-state index is 0.00786. The standard InChI is InChI=1S/C16H16N2O4/c1-2-22-12-8-7-11(15(20)9-12)10-17-18-16(21)13-5-3-4-6-14(13)19/h3-10,19-20H,2H2,1H3,(H,18,21)/b17-10-. The highest BCUT2D eigenvalue weighted by atomic mass is 16.5. The molecule has 114 valence electrons. The van der Waals surface area contributed by atoms with Crippen LogP contribution in [0.2, 0.25) is 0 Å². The molecule has 0 fully saturated rings. The minimum atomic E-state index is -0.542. The number of hydrazone groups is 1. The van der Waals surface area contributed by atoms with Crippen LogP contribution in [0.1, 0.15) is 22.8 Å². The zero-order valence-corrected chi connectivity index (χ0v) is 12.0. The van der Waals surface area contributed by atoms with E-state index in [1.165, 1.54) is 24.4 Å². The molecule has 0 heterocycles. The Bertz CT molecular complexity index is 698. The van der Waals surface area contributed by atoms with E-state index < -0.39 is 5.91 Å². The maximum Gasteiger partial charge on any atom is 0.275 e. The molecular weight excluding hydrogens is 284 g/mol. The highest BCUT2D eigenvalue weighted by Crippen LogP contribution is 2.22. The zero-order valence-electron chi connectivity index (χ0n) is 12.0. The Morgan fingerprint density at radius 2 is 2.00 bits per heavy atom. The van der Waals surface area contributed by atoms with Crippen molar-refractivity contribution < 1.29 is 19.7 Å². The van der Waals surface area contributed by atoms with Crippen LogP contribution in [0, 0.1) is 0 Å². The summed E-state index contributed by atoms with van der Waals surface area (Å²) in [5.74, 6) is -0.124. The summed E-state index contributed by atoms with van der Waals surface area (Å²) >= 11 is 0. The van der Waals surface area contributed by atoms with Gasteiger partial charge in [0.25, 0.3) is 5.91 Å². The molecule has 0 saturated carbocycles. The number of hydrogen-bond acceptors (Lipinski definition) is 5. The number of aromatic hydroxyl groups is 2. The summed E-state index contributed by atoms with van der Waals surface area (Å²) in [5, 5.41) is 23.1. The van der Waals surface area contributed by atoms with Crippen LogP contribution < -0.4 is 10.2 Å². The van der Waals surface area contributed by atoms with E-state index in [1.807, 2.05) is 6.92 Å². The van der Waals surface area contributed by atoms with E-state index in [0.29, 0.717) is 17.9 Å². The number of ether oxygens (including phenoxy) is 1. The Hall–Kier alpha value is -3.02. The topological polar surface area (TPSA) is 91.2 Å². The maximum absolute atomic E-state index is 11.8. The Balaban J connectivity index is 2.04. The third kappa shape index (κ3) is 3.76. The number of amides is 1. The van der Waals surface area contributed by atoms with Crippen molar-refractivity contribution in [2.45, 2.75) is 6.92 Å². The molecular formula is C16H16N2O4. The predicted molar refractivity (Wildman–Crippen MR) is 82.4 cm³/mol. The number of phenolic OH excluding ortho intramolecular Hbond substituents is 2. The SMILES string of the molecule is CCOc1ccc(/C=N\NC(=O)c2ccccc2O)c(O)c1. The fourth-order valence-electron chi connectivity index (χ4n) is 1.78. The van der Waals surface area contributed by atoms with Gasteiger partial charge in [-0.05, 0) is 31.2 Å². The first-order valence-electron chi connectivity index (χ1n) is 6.69. The first-order valence-corrected chi connectivity index (χ1v) is 6.69. The summed E-state index contributed by atoms with van der Waals surface area (Å²) in [4.78, 5) is 11.8. The van der Waals surface area contributed by atoms with Gasteiger partial charge in [-0.1, -0.05) is 12.1 Å². The lowest BCUT2D eigenvalue weighted by atomic mass is 10.2. The van der Waals surface area contributed by atoms with Crippen LogP contribution in [0.5, 0.6) is 17.2 Å². The van der Waals surface area contributed by atoms with Crippen molar-refractivity contribution >= 4 is 12.1 Å². The summed E-state index contributed by atoms with van der Waals surface area (Å²) in [5.41, 5.74) is 2.84. The first kappa shape index (κ1) is 15.4. The molecule has 0 aromatic heterocycles. The van der Waals surface area contributed by atoms with Crippen LogP contribution in [-0.4, -0.2) is 28.9 Å². The Kier molecular flexibility index (Phi) is 4.98. The fraction of sp³-hybridized carbons (Fsp3) is 0.125. The van der Waals surface area contributed by atoms with E-state index in [2.05, 4.69) is 10.5 Å². The fourth-order valence-corrected chi connectivity index (χ4v) is 1.78. The minimum Gasteiger partial charge on any atom is -0.507 e. The molecule has 0 atom stereocenters. The maximum atomic E-state index is 11.8. The van der Waals surface area contributed by atoms with Gasteiger partial charge in [0.1, 0.15) is 17.2 Å². The third-order valence-corrected chi connectivity index (χ3v) is 2.83. The molecule has 0 aliphatic carbocycles. The van der Waals surface area contributed by atoms with E-state index in [1.54, 1.807) is 24.3 Å². The normalized spacial score (nSPS) is 10.6. The molecule has 3 N–H and O–H groups in total. The number of rotatable bonds is 5. The average Bonchev–Trinajstić information content (AvgIpc) is 2.50. The Morgan fingerprint density at radius 3 is 2.68 bits per heavy atom. The number of hydrogen-bond donors (Lipinski definition) is 3. The molecule has 0 bridgehead atoms. The summed E-state index contributed by atoms with van der Waals surface area (Å²) in [6.07, 6.45) is 1.31. The van der Waals surface area contributed by atoms with Crippen LogP contribution in [0.25, 0.3) is 0 Å². The van der Waals surface area contributed by atoms with Crippen molar-refractivity contribution in [1.29, 1.82) is 0 Å². The van der Waals surface area contributed by atoms with Crippen molar-refractivity contribution in [1.82, 2.24) is 5.43 Å². The molecule has 0 unspecified atom stereocenters. The van der Waals surface area contributed by atoms with Gasteiger partial charge in [0, 0.05) is 11.6 Å². The molecule has 2 aromatic carbocycles. The van der Waals surface area contributed by atoms with Crippen LogP contribution in [-0.2, 0) is 0 Å². The molecule has 6 nitrogen and oxygen atoms in total. The van der Waals surface area contributed by atoms with Crippen LogP contribution in [0.4, 0.5) is 0 Å². The number of para-hydroxylation sites is 1. The van der Waals surface area contributed by atoms with Gasteiger partial charge in [0.2, 0.25) is 0 Å². The van der Waals surface area contributed by atoms with Crippen molar-refractivity contribution in [3.05, 3.63) is 53.6 Å². The monoisotopic (exact) mass is 300 g/mol. The lowest BCUT2D eigenvalue weighted by Crippen LogP contribution is -2.17. The highest BCUT2D eigenvalue weighted by molar-refractivity contribution is 5.97. The number of carbonyl (C=O) groups is 1. The van der Waals surface area contributed by atoms with Crippen molar-refractivity contribution in [2.75, 3.05) is 6.61 Å². The smallest absolute Gasteiger partial charge is 0.275 e. The van der Waals surface area contributed by atoms with Gasteiger partial charge in [0.15, 0.2) is 0 Å². The lowest BCUT2D eigenvalue weighted by Gasteiger charge is -2.05. The lowest BCUT2D eigenvalue weighted by molar-refractivity contribution is 0.0952. The average molecular weight is 300 g/mol. The highest BCUT2D eigenvalue weighted by Gasteiger charge is 2.08. The Morgan fingerprint density at radius 1 is 1.23 bits per heavy atom. The summed E-state index contributed by atoms with van der Waals surface area (Å²) in [7, 11) is 0. The van der Waals surface area contributed by atoms with Gasteiger partial charge in [-0.3, -0.25) is 4.79 Å². The van der Waals surface area contributed by atoms with Crippen LogP contribution in [0.15, 0.2) is 47.6 Å². The molecule has 1 amide bonds. The van der Waals surface area contributed by atoms with E-state index in [4.69, 9.17) is 4.74 Å². The van der Waals surface area contributed by atoms with Crippen molar-refractivity contribution in [2.24, 2.45) is 5.10 Å². The predicted octanol–water partition coefficient (Wildman–Crippen LogP) is 2.26. The van der Waals surface area contributed by atoms with Gasteiger partial charge in [-0.2, -0.15) is 5.10 Å². The largest absolute Gasteiger partial charge is 0.507 e. The van der Waals surface area contributed by atoms with Gasteiger partial charge in [0.05, 0.1) is 18.4 Å². The molecule has 6 heteroatoms. The molecule has 0 saturated heterocycles. The van der Waals surface area contributed by atoms with E-state index >= 15 is 0 Å². The van der Waals surface area contributed by atoms with E-state index in [-0.39, 0.29) is 17.1 Å². The van der Waals surface area contributed by atoms with Gasteiger partial charge in [-0.25, -0.2) is 5.43 Å². The first-order chi connectivity index (χ1) is 10.6. The number of carbonyl (C=O) groups excluding carboxylic acids is 1. The molecule has 2 aromatic rings. The van der Waals surface area contributed by atoms with Crippen molar-refractivity contribution in [3.8, 4) is 17.2 Å². The quantitative estimate of drug-likeness (QED) is 0.583.